The zero-order valence-electron chi connectivity index (χ0n) is 9.07. The van der Waals surface area contributed by atoms with Gasteiger partial charge in [-0.05, 0) is 53.4 Å². The lowest BCUT2D eigenvalue weighted by molar-refractivity contribution is 0.199. The summed E-state index contributed by atoms with van der Waals surface area (Å²) in [5, 5.41) is 9.46. The molecule has 0 spiro atoms. The Hall–Kier alpha value is -0.540. The molecule has 15 heavy (non-hydrogen) atoms. The minimum Gasteiger partial charge on any atom is -0.389 e. The summed E-state index contributed by atoms with van der Waals surface area (Å²) in [6, 6.07) is 6.77. The van der Waals surface area contributed by atoms with Gasteiger partial charge < -0.3 is 10.0 Å². The first-order valence-electron chi connectivity index (χ1n) is 5.30. The van der Waals surface area contributed by atoms with Crippen LogP contribution in [0.3, 0.4) is 0 Å². The predicted octanol–water partition coefficient (Wildman–Crippen LogP) is 3.10. The lowest BCUT2D eigenvalue weighted by Crippen LogP contribution is -2.19. The maximum absolute atomic E-state index is 9.46. The molecule has 0 bridgehead atoms. The Morgan fingerprint density at radius 1 is 1.47 bits per heavy atom. The predicted molar refractivity (Wildman–Crippen MR) is 66.2 cm³/mol. The van der Waals surface area contributed by atoms with Gasteiger partial charge in [-0.3, -0.25) is 0 Å². The van der Waals surface area contributed by atoms with Crippen LogP contribution in [0.1, 0.15) is 31.4 Å². The fourth-order valence-corrected chi connectivity index (χ4v) is 2.40. The van der Waals surface area contributed by atoms with E-state index in [1.54, 1.807) is 6.92 Å². The Balaban J connectivity index is 2.25. The van der Waals surface area contributed by atoms with E-state index in [1.165, 1.54) is 18.5 Å². The first kappa shape index (κ1) is 11.0. The summed E-state index contributed by atoms with van der Waals surface area (Å²) in [7, 11) is 2.12. The number of aliphatic hydroxyl groups excluding tert-OH is 1. The van der Waals surface area contributed by atoms with Crippen LogP contribution in [0.15, 0.2) is 22.7 Å². The van der Waals surface area contributed by atoms with Crippen molar-refractivity contribution in [3.8, 4) is 0 Å². The molecule has 0 aliphatic heterocycles. The van der Waals surface area contributed by atoms with E-state index in [2.05, 4.69) is 33.9 Å². The summed E-state index contributed by atoms with van der Waals surface area (Å²) in [5.41, 5.74) is 2.16. The highest BCUT2D eigenvalue weighted by atomic mass is 79.9. The maximum atomic E-state index is 9.46. The molecule has 1 aliphatic carbocycles. The van der Waals surface area contributed by atoms with Gasteiger partial charge in [-0.25, -0.2) is 0 Å². The van der Waals surface area contributed by atoms with Crippen molar-refractivity contribution in [2.75, 3.05) is 11.9 Å². The quantitative estimate of drug-likeness (QED) is 0.912. The van der Waals surface area contributed by atoms with E-state index in [1.807, 2.05) is 12.1 Å². The second-order valence-electron chi connectivity index (χ2n) is 4.23. The van der Waals surface area contributed by atoms with Gasteiger partial charge in [0.2, 0.25) is 0 Å². The summed E-state index contributed by atoms with van der Waals surface area (Å²) >= 11 is 3.56. The van der Waals surface area contributed by atoms with Crippen LogP contribution >= 0.6 is 15.9 Å². The van der Waals surface area contributed by atoms with Gasteiger partial charge in [-0.2, -0.15) is 0 Å². The fourth-order valence-electron chi connectivity index (χ4n) is 1.73. The zero-order valence-corrected chi connectivity index (χ0v) is 10.7. The third kappa shape index (κ3) is 2.34. The van der Waals surface area contributed by atoms with Crippen LogP contribution < -0.4 is 4.90 Å². The second-order valence-corrected chi connectivity index (χ2v) is 5.08. The molecule has 0 amide bonds. The van der Waals surface area contributed by atoms with Crippen LogP contribution in [0.25, 0.3) is 0 Å². The van der Waals surface area contributed by atoms with Crippen LogP contribution in [0.5, 0.6) is 0 Å². The number of hydrogen-bond acceptors (Lipinski definition) is 2. The van der Waals surface area contributed by atoms with Gasteiger partial charge >= 0.3 is 0 Å². The van der Waals surface area contributed by atoms with E-state index in [-0.39, 0.29) is 0 Å². The van der Waals surface area contributed by atoms with Gasteiger partial charge in [0.05, 0.1) is 11.8 Å². The first-order chi connectivity index (χ1) is 7.09. The Morgan fingerprint density at radius 2 is 2.13 bits per heavy atom. The molecule has 82 valence electrons. The molecule has 1 aliphatic rings. The van der Waals surface area contributed by atoms with Crippen LogP contribution in [-0.2, 0) is 0 Å². The Labute approximate surface area is 99.0 Å². The molecule has 1 atom stereocenters. The average molecular weight is 270 g/mol. The molecule has 1 aromatic carbocycles. The minimum absolute atomic E-state index is 0.401. The minimum atomic E-state index is -0.401. The van der Waals surface area contributed by atoms with Crippen molar-refractivity contribution in [2.45, 2.75) is 31.9 Å². The normalized spacial score (nSPS) is 17.6. The smallest absolute Gasteiger partial charge is 0.0762 e. The third-order valence-corrected chi connectivity index (χ3v) is 3.56. The summed E-state index contributed by atoms with van der Waals surface area (Å²) < 4.78 is 1.07. The van der Waals surface area contributed by atoms with Crippen LogP contribution in [0.2, 0.25) is 0 Å². The van der Waals surface area contributed by atoms with Crippen LogP contribution in [-0.4, -0.2) is 18.2 Å². The molecule has 1 fully saturated rings. The lowest BCUT2D eigenvalue weighted by atomic mass is 10.1. The molecule has 0 radical (unpaired) electrons. The topological polar surface area (TPSA) is 23.5 Å². The van der Waals surface area contributed by atoms with Crippen molar-refractivity contribution < 1.29 is 5.11 Å². The Bertz CT molecular complexity index is 361. The number of aliphatic hydroxyl groups is 1. The van der Waals surface area contributed by atoms with E-state index in [0.29, 0.717) is 6.04 Å². The van der Waals surface area contributed by atoms with Gasteiger partial charge in [-0.15, -0.1) is 0 Å². The van der Waals surface area contributed by atoms with Crippen LogP contribution in [0, 0.1) is 0 Å². The van der Waals surface area contributed by atoms with Crippen molar-refractivity contribution in [2.24, 2.45) is 0 Å². The fraction of sp³-hybridized carbons (Fsp3) is 0.500. The van der Waals surface area contributed by atoms with Gasteiger partial charge in [0.25, 0.3) is 0 Å². The van der Waals surface area contributed by atoms with Crippen molar-refractivity contribution in [1.29, 1.82) is 0 Å². The summed E-state index contributed by atoms with van der Waals surface area (Å²) in [6.45, 7) is 1.78. The lowest BCUT2D eigenvalue weighted by Gasteiger charge is -2.21. The second kappa shape index (κ2) is 4.14. The van der Waals surface area contributed by atoms with E-state index < -0.39 is 6.10 Å². The molecule has 1 aromatic rings. The molecule has 2 nitrogen and oxygen atoms in total. The number of rotatable bonds is 3. The highest BCUT2D eigenvalue weighted by molar-refractivity contribution is 9.10. The third-order valence-electron chi connectivity index (χ3n) is 2.93. The molecule has 2 rings (SSSR count). The number of hydrogen-bond donors (Lipinski definition) is 1. The monoisotopic (exact) mass is 269 g/mol. The van der Waals surface area contributed by atoms with Crippen LogP contribution in [0.4, 0.5) is 5.69 Å². The first-order valence-corrected chi connectivity index (χ1v) is 6.09. The van der Waals surface area contributed by atoms with Gasteiger partial charge in [0.15, 0.2) is 0 Å². The molecule has 1 unspecified atom stereocenters. The number of nitrogens with zero attached hydrogens (tertiary/aromatic N) is 1. The molecular formula is C12H16BrNO. The Morgan fingerprint density at radius 3 is 2.60 bits per heavy atom. The number of halogens is 1. The van der Waals surface area contributed by atoms with E-state index in [9.17, 15) is 5.11 Å². The summed E-state index contributed by atoms with van der Waals surface area (Å²) in [6.07, 6.45) is 2.18. The molecule has 1 saturated carbocycles. The average Bonchev–Trinajstić information content (AvgIpc) is 2.99. The van der Waals surface area contributed by atoms with Gasteiger partial charge in [-0.1, -0.05) is 6.07 Å². The van der Waals surface area contributed by atoms with Crippen molar-refractivity contribution in [3.63, 3.8) is 0 Å². The van der Waals surface area contributed by atoms with E-state index >= 15 is 0 Å². The SMILES string of the molecule is CC(O)c1ccc(N(C)C2CC2)c(Br)c1. The summed E-state index contributed by atoms with van der Waals surface area (Å²) in [5.74, 6) is 0. The summed E-state index contributed by atoms with van der Waals surface area (Å²) in [4.78, 5) is 2.30. The number of anilines is 1. The standard InChI is InChI=1S/C12H16BrNO/c1-8(15)9-3-6-12(11(13)7-9)14(2)10-4-5-10/h3,6-8,10,15H,4-5H2,1-2H3. The van der Waals surface area contributed by atoms with E-state index in [0.717, 1.165) is 10.0 Å². The highest BCUT2D eigenvalue weighted by Crippen LogP contribution is 2.35. The molecule has 0 saturated heterocycles. The zero-order chi connectivity index (χ0) is 11.0. The largest absolute Gasteiger partial charge is 0.389 e. The van der Waals surface area contributed by atoms with Crippen molar-refractivity contribution >= 4 is 21.6 Å². The molecule has 0 heterocycles. The van der Waals surface area contributed by atoms with E-state index in [4.69, 9.17) is 0 Å². The van der Waals surface area contributed by atoms with Crippen molar-refractivity contribution in [3.05, 3.63) is 28.2 Å². The Kier molecular flexibility index (Phi) is 3.03. The van der Waals surface area contributed by atoms with Gasteiger partial charge in [0.1, 0.15) is 0 Å². The molecule has 1 N–H and O–H groups in total. The molecular weight excluding hydrogens is 254 g/mol. The maximum Gasteiger partial charge on any atom is 0.0762 e. The van der Waals surface area contributed by atoms with Crippen molar-refractivity contribution in [1.82, 2.24) is 0 Å². The molecule has 0 aromatic heterocycles. The van der Waals surface area contributed by atoms with Gasteiger partial charge in [0, 0.05) is 17.6 Å². The highest BCUT2D eigenvalue weighted by Gasteiger charge is 2.27. The number of benzene rings is 1. The molecule has 3 heteroatoms.